The van der Waals surface area contributed by atoms with Gasteiger partial charge in [0.15, 0.2) is 0 Å². The van der Waals surface area contributed by atoms with Gasteiger partial charge in [0.1, 0.15) is 5.75 Å². The van der Waals surface area contributed by atoms with E-state index >= 15 is 0 Å². The number of pyridine rings is 1. The molecule has 0 radical (unpaired) electrons. The zero-order valence-electron chi connectivity index (χ0n) is 15.4. The Morgan fingerprint density at radius 1 is 1.12 bits per heavy atom. The number of methoxy groups -OCH3 is 2. The van der Waals surface area contributed by atoms with Crippen LogP contribution in [0.25, 0.3) is 0 Å². The highest BCUT2D eigenvalue weighted by Crippen LogP contribution is 2.33. The van der Waals surface area contributed by atoms with Gasteiger partial charge >= 0.3 is 0 Å². The van der Waals surface area contributed by atoms with Gasteiger partial charge in [-0.05, 0) is 41.8 Å². The largest absolute Gasteiger partial charge is 0.497 e. The molecule has 1 aliphatic rings. The minimum Gasteiger partial charge on any atom is -0.497 e. The van der Waals surface area contributed by atoms with Crippen LogP contribution in [0, 0.1) is 5.92 Å². The monoisotopic (exact) mass is 354 g/mol. The Morgan fingerprint density at radius 3 is 2.50 bits per heavy atom. The van der Waals surface area contributed by atoms with Crippen molar-refractivity contribution in [1.82, 2.24) is 9.88 Å². The number of nitrogens with zero attached hydrogens (tertiary/aromatic N) is 2. The molecule has 26 heavy (non-hydrogen) atoms. The van der Waals surface area contributed by atoms with Crippen molar-refractivity contribution in [3.8, 4) is 5.75 Å². The number of carbonyl (C=O) groups is 1. The third-order valence-electron chi connectivity index (χ3n) is 5.10. The van der Waals surface area contributed by atoms with Crippen molar-refractivity contribution in [2.24, 2.45) is 5.92 Å². The maximum absolute atomic E-state index is 12.7. The lowest BCUT2D eigenvalue weighted by molar-refractivity contribution is -0.130. The second kappa shape index (κ2) is 8.81. The molecule has 2 atom stereocenters. The van der Waals surface area contributed by atoms with E-state index in [2.05, 4.69) is 4.98 Å². The second-order valence-electron chi connectivity index (χ2n) is 6.75. The summed E-state index contributed by atoms with van der Waals surface area (Å²) in [7, 11) is 3.37. The fourth-order valence-corrected chi connectivity index (χ4v) is 3.65. The van der Waals surface area contributed by atoms with E-state index in [-0.39, 0.29) is 5.91 Å². The Balaban J connectivity index is 1.60. The van der Waals surface area contributed by atoms with Gasteiger partial charge in [0.2, 0.25) is 5.91 Å². The summed E-state index contributed by atoms with van der Waals surface area (Å²) in [6.07, 6.45) is 4.89. The minimum atomic E-state index is 0.207. The van der Waals surface area contributed by atoms with Gasteiger partial charge in [-0.3, -0.25) is 9.78 Å². The lowest BCUT2D eigenvalue weighted by Gasteiger charge is -2.17. The average Bonchev–Trinajstić information content (AvgIpc) is 3.11. The highest BCUT2D eigenvalue weighted by atomic mass is 16.5. The Kier molecular flexibility index (Phi) is 6.23. The predicted molar refractivity (Wildman–Crippen MR) is 100 cm³/mol. The summed E-state index contributed by atoms with van der Waals surface area (Å²) < 4.78 is 10.6. The summed E-state index contributed by atoms with van der Waals surface area (Å²) in [5.41, 5.74) is 2.38. The molecule has 1 aliphatic heterocycles. The molecule has 0 saturated carbocycles. The van der Waals surface area contributed by atoms with E-state index in [4.69, 9.17) is 9.47 Å². The highest BCUT2D eigenvalue weighted by Gasteiger charge is 2.35. The SMILES string of the molecule is COCC1CN(C(=O)CCc2ccc(OC)cc2)CC1c1ccncc1. The Hall–Kier alpha value is -2.40. The summed E-state index contributed by atoms with van der Waals surface area (Å²) in [5, 5.41) is 0. The molecule has 5 nitrogen and oxygen atoms in total. The van der Waals surface area contributed by atoms with Crippen molar-refractivity contribution in [2.45, 2.75) is 18.8 Å². The van der Waals surface area contributed by atoms with Crippen LogP contribution >= 0.6 is 0 Å². The van der Waals surface area contributed by atoms with E-state index in [0.29, 0.717) is 24.9 Å². The Bertz CT molecular complexity index is 703. The number of hydrogen-bond acceptors (Lipinski definition) is 4. The first-order valence-corrected chi connectivity index (χ1v) is 9.01. The first-order chi connectivity index (χ1) is 12.7. The number of carbonyl (C=O) groups excluding carboxylic acids is 1. The van der Waals surface area contributed by atoms with Crippen LogP contribution in [-0.4, -0.2) is 49.7 Å². The summed E-state index contributed by atoms with van der Waals surface area (Å²) in [4.78, 5) is 18.8. The summed E-state index contributed by atoms with van der Waals surface area (Å²) in [6, 6.07) is 12.0. The molecule has 1 fully saturated rings. The van der Waals surface area contributed by atoms with Crippen molar-refractivity contribution < 1.29 is 14.3 Å². The van der Waals surface area contributed by atoms with E-state index < -0.39 is 0 Å². The van der Waals surface area contributed by atoms with Gasteiger partial charge in [-0.2, -0.15) is 0 Å². The predicted octanol–water partition coefficient (Wildman–Crippen LogP) is 2.91. The van der Waals surface area contributed by atoms with E-state index in [1.54, 1.807) is 14.2 Å². The van der Waals surface area contributed by atoms with Gasteiger partial charge < -0.3 is 14.4 Å². The molecule has 3 rings (SSSR count). The molecule has 1 aromatic heterocycles. The maximum atomic E-state index is 12.7. The smallest absolute Gasteiger partial charge is 0.222 e. The molecular formula is C21H26N2O3. The fraction of sp³-hybridized carbons (Fsp3) is 0.429. The number of rotatable bonds is 7. The average molecular weight is 354 g/mol. The molecule has 0 spiro atoms. The zero-order chi connectivity index (χ0) is 18.4. The molecule has 138 valence electrons. The summed E-state index contributed by atoms with van der Waals surface area (Å²) >= 11 is 0. The van der Waals surface area contributed by atoms with Crippen LogP contribution in [0.1, 0.15) is 23.5 Å². The first-order valence-electron chi connectivity index (χ1n) is 9.01. The highest BCUT2D eigenvalue weighted by molar-refractivity contribution is 5.77. The molecule has 1 saturated heterocycles. The van der Waals surface area contributed by atoms with Crippen molar-refractivity contribution in [1.29, 1.82) is 0 Å². The van der Waals surface area contributed by atoms with E-state index in [1.807, 2.05) is 53.7 Å². The van der Waals surface area contributed by atoms with E-state index in [0.717, 1.165) is 30.8 Å². The van der Waals surface area contributed by atoms with Crippen molar-refractivity contribution in [2.75, 3.05) is 33.9 Å². The summed E-state index contributed by atoms with van der Waals surface area (Å²) in [5.74, 6) is 1.68. The fourth-order valence-electron chi connectivity index (χ4n) is 3.65. The molecule has 0 N–H and O–H groups in total. The topological polar surface area (TPSA) is 51.7 Å². The summed E-state index contributed by atoms with van der Waals surface area (Å²) in [6.45, 7) is 2.16. The van der Waals surface area contributed by atoms with Crippen LogP contribution in [0.2, 0.25) is 0 Å². The Labute approximate surface area is 155 Å². The van der Waals surface area contributed by atoms with Gasteiger partial charge in [-0.25, -0.2) is 0 Å². The third kappa shape index (κ3) is 4.41. The molecule has 0 bridgehead atoms. The van der Waals surface area contributed by atoms with Crippen LogP contribution in [-0.2, 0) is 16.0 Å². The third-order valence-corrected chi connectivity index (χ3v) is 5.10. The number of aryl methyl sites for hydroxylation is 1. The molecule has 1 amide bonds. The van der Waals surface area contributed by atoms with E-state index in [9.17, 15) is 4.79 Å². The van der Waals surface area contributed by atoms with Gasteiger partial charge in [0, 0.05) is 50.8 Å². The number of hydrogen-bond donors (Lipinski definition) is 0. The van der Waals surface area contributed by atoms with Crippen LogP contribution < -0.4 is 4.74 Å². The zero-order valence-corrected chi connectivity index (χ0v) is 15.4. The van der Waals surface area contributed by atoms with Gasteiger partial charge in [-0.15, -0.1) is 0 Å². The standard InChI is InChI=1S/C21H26N2O3/c1-25-15-18-13-23(14-20(18)17-9-11-22-12-10-17)21(24)8-5-16-3-6-19(26-2)7-4-16/h3-4,6-7,9-12,18,20H,5,8,13-15H2,1-2H3. The number of likely N-dealkylation sites (tertiary alicyclic amines) is 1. The molecule has 2 heterocycles. The van der Waals surface area contributed by atoms with Crippen LogP contribution in [0.5, 0.6) is 5.75 Å². The number of aromatic nitrogens is 1. The quantitative estimate of drug-likeness (QED) is 0.767. The van der Waals surface area contributed by atoms with Gasteiger partial charge in [0.25, 0.3) is 0 Å². The number of amides is 1. The first kappa shape index (κ1) is 18.4. The van der Waals surface area contributed by atoms with Crippen molar-refractivity contribution in [3.63, 3.8) is 0 Å². The maximum Gasteiger partial charge on any atom is 0.222 e. The van der Waals surface area contributed by atoms with Crippen molar-refractivity contribution >= 4 is 5.91 Å². The van der Waals surface area contributed by atoms with Crippen LogP contribution in [0.4, 0.5) is 0 Å². The molecular weight excluding hydrogens is 328 g/mol. The lowest BCUT2D eigenvalue weighted by atomic mass is 9.90. The lowest BCUT2D eigenvalue weighted by Crippen LogP contribution is -2.29. The van der Waals surface area contributed by atoms with Crippen molar-refractivity contribution in [3.05, 3.63) is 59.9 Å². The molecule has 2 aromatic rings. The Morgan fingerprint density at radius 2 is 1.85 bits per heavy atom. The second-order valence-corrected chi connectivity index (χ2v) is 6.75. The molecule has 1 aromatic carbocycles. The van der Waals surface area contributed by atoms with Crippen LogP contribution in [0.15, 0.2) is 48.8 Å². The number of ether oxygens (including phenoxy) is 2. The van der Waals surface area contributed by atoms with Gasteiger partial charge in [-0.1, -0.05) is 12.1 Å². The number of benzene rings is 1. The normalized spacial score (nSPS) is 19.5. The molecule has 5 heteroatoms. The van der Waals surface area contributed by atoms with Gasteiger partial charge in [0.05, 0.1) is 13.7 Å². The minimum absolute atomic E-state index is 0.207. The van der Waals surface area contributed by atoms with E-state index in [1.165, 1.54) is 5.56 Å². The molecule has 0 aliphatic carbocycles. The molecule has 2 unspecified atom stereocenters. The van der Waals surface area contributed by atoms with Crippen LogP contribution in [0.3, 0.4) is 0 Å².